The second-order valence-corrected chi connectivity index (χ2v) is 4.88. The summed E-state index contributed by atoms with van der Waals surface area (Å²) in [6, 6.07) is 2.98. The van der Waals surface area contributed by atoms with Crippen molar-refractivity contribution < 1.29 is 20.1 Å². The molecule has 1 amide bonds. The molecule has 0 aliphatic heterocycles. The molecule has 0 aliphatic carbocycles. The minimum absolute atomic E-state index is 0.0875. The number of aliphatic hydroxyl groups is 2. The molecule has 0 aliphatic rings. The number of carbonyl (C=O) groups excluding carboxylic acids is 1. The number of benzene rings is 1. The highest BCUT2D eigenvalue weighted by Gasteiger charge is 2.22. The van der Waals surface area contributed by atoms with Crippen LogP contribution >= 0.6 is 11.6 Å². The molecule has 0 fully saturated rings. The number of rotatable bonds is 5. The number of carbonyl (C=O) groups is 1. The highest BCUT2D eigenvalue weighted by Crippen LogP contribution is 2.33. The zero-order valence-electron chi connectivity index (χ0n) is 10.9. The Morgan fingerprint density at radius 2 is 2.05 bits per heavy atom. The number of aryl methyl sites for hydroxylation is 1. The van der Waals surface area contributed by atoms with Crippen LogP contribution in [0.2, 0.25) is 5.02 Å². The van der Waals surface area contributed by atoms with Crippen LogP contribution in [-0.2, 0) is 4.79 Å². The number of aromatic hydroxyl groups is 1. The van der Waals surface area contributed by atoms with Crippen molar-refractivity contribution in [3.8, 4) is 5.75 Å². The summed E-state index contributed by atoms with van der Waals surface area (Å²) in [5, 5.41) is 32.6. The average molecular weight is 288 g/mol. The molecule has 6 heteroatoms. The van der Waals surface area contributed by atoms with Crippen molar-refractivity contribution in [1.29, 1.82) is 0 Å². The smallest absolute Gasteiger partial charge is 0.216 e. The van der Waals surface area contributed by atoms with Crippen LogP contribution in [0.5, 0.6) is 5.75 Å². The van der Waals surface area contributed by atoms with Crippen molar-refractivity contribution in [2.24, 2.45) is 0 Å². The third-order valence-corrected chi connectivity index (χ3v) is 3.01. The van der Waals surface area contributed by atoms with Crippen molar-refractivity contribution in [3.05, 3.63) is 28.3 Å². The van der Waals surface area contributed by atoms with E-state index in [1.165, 1.54) is 13.0 Å². The zero-order valence-corrected chi connectivity index (χ0v) is 11.6. The second kappa shape index (κ2) is 6.75. The summed E-state index contributed by atoms with van der Waals surface area (Å²) >= 11 is 5.86. The Balaban J connectivity index is 2.76. The first-order chi connectivity index (χ1) is 8.82. The molecule has 1 aromatic carbocycles. The van der Waals surface area contributed by atoms with Gasteiger partial charge >= 0.3 is 0 Å². The van der Waals surface area contributed by atoms with Gasteiger partial charge in [0.05, 0.1) is 6.10 Å². The Morgan fingerprint density at radius 1 is 1.42 bits per heavy atom. The molecule has 0 bridgehead atoms. The van der Waals surface area contributed by atoms with Gasteiger partial charge < -0.3 is 20.6 Å². The number of aliphatic hydroxyl groups excluding tert-OH is 2. The molecule has 106 valence electrons. The van der Waals surface area contributed by atoms with Gasteiger partial charge in [0.1, 0.15) is 11.9 Å². The number of phenols is 1. The molecule has 2 atom stereocenters. The van der Waals surface area contributed by atoms with Crippen LogP contribution in [0.3, 0.4) is 0 Å². The molecule has 19 heavy (non-hydrogen) atoms. The van der Waals surface area contributed by atoms with Crippen LogP contribution in [0.1, 0.15) is 30.6 Å². The van der Waals surface area contributed by atoms with E-state index in [2.05, 4.69) is 5.32 Å². The van der Waals surface area contributed by atoms with E-state index in [0.717, 1.165) is 0 Å². The zero-order chi connectivity index (χ0) is 14.6. The van der Waals surface area contributed by atoms with Gasteiger partial charge in [-0.05, 0) is 31.0 Å². The van der Waals surface area contributed by atoms with Gasteiger partial charge in [0.25, 0.3) is 0 Å². The Morgan fingerprint density at radius 3 is 2.63 bits per heavy atom. The van der Waals surface area contributed by atoms with Crippen molar-refractivity contribution in [1.82, 2.24) is 5.32 Å². The molecule has 0 aromatic heterocycles. The SMILES string of the molecule is CC(=O)NCCC(O)C(O)c1cc(Cl)cc(C)c1O. The summed E-state index contributed by atoms with van der Waals surface area (Å²) in [6.45, 7) is 3.27. The van der Waals surface area contributed by atoms with E-state index in [4.69, 9.17) is 11.6 Å². The average Bonchev–Trinajstić information content (AvgIpc) is 2.32. The largest absolute Gasteiger partial charge is 0.507 e. The Labute approximate surface area is 116 Å². The number of nitrogens with one attached hydrogen (secondary N) is 1. The second-order valence-electron chi connectivity index (χ2n) is 4.44. The van der Waals surface area contributed by atoms with Crippen molar-refractivity contribution >= 4 is 17.5 Å². The van der Waals surface area contributed by atoms with E-state index in [1.54, 1.807) is 13.0 Å². The molecule has 5 nitrogen and oxygen atoms in total. The molecule has 1 rings (SSSR count). The van der Waals surface area contributed by atoms with Crippen LogP contribution in [0.4, 0.5) is 0 Å². The number of hydrogen-bond donors (Lipinski definition) is 4. The van der Waals surface area contributed by atoms with Gasteiger partial charge in [-0.3, -0.25) is 4.79 Å². The molecule has 1 aromatic rings. The molecule has 0 radical (unpaired) electrons. The fraction of sp³-hybridized carbons (Fsp3) is 0.462. The van der Waals surface area contributed by atoms with E-state index >= 15 is 0 Å². The lowest BCUT2D eigenvalue weighted by atomic mass is 9.99. The van der Waals surface area contributed by atoms with E-state index < -0.39 is 12.2 Å². The first-order valence-corrected chi connectivity index (χ1v) is 6.30. The summed E-state index contributed by atoms with van der Waals surface area (Å²) < 4.78 is 0. The highest BCUT2D eigenvalue weighted by molar-refractivity contribution is 6.30. The highest BCUT2D eigenvalue weighted by atomic mass is 35.5. The van der Waals surface area contributed by atoms with Crippen LogP contribution in [-0.4, -0.2) is 33.9 Å². The lowest BCUT2D eigenvalue weighted by molar-refractivity contribution is -0.119. The summed E-state index contributed by atoms with van der Waals surface area (Å²) in [4.78, 5) is 10.7. The lowest BCUT2D eigenvalue weighted by Gasteiger charge is -2.20. The van der Waals surface area contributed by atoms with E-state index in [-0.39, 0.29) is 30.2 Å². The number of amides is 1. The first kappa shape index (κ1) is 15.8. The van der Waals surface area contributed by atoms with Gasteiger partial charge in [-0.2, -0.15) is 0 Å². The topological polar surface area (TPSA) is 89.8 Å². The standard InChI is InChI=1S/C13H18ClNO4/c1-7-5-9(14)6-10(12(7)18)13(19)11(17)3-4-15-8(2)16/h5-6,11,13,17-19H,3-4H2,1-2H3,(H,15,16). The third-order valence-electron chi connectivity index (χ3n) is 2.79. The van der Waals surface area contributed by atoms with Gasteiger partial charge in [0, 0.05) is 24.1 Å². The van der Waals surface area contributed by atoms with E-state index in [1.807, 2.05) is 0 Å². The monoisotopic (exact) mass is 287 g/mol. The molecule has 0 heterocycles. The third kappa shape index (κ3) is 4.38. The predicted octanol–water partition coefficient (Wildman–Crippen LogP) is 1.27. The van der Waals surface area contributed by atoms with E-state index in [0.29, 0.717) is 10.6 Å². The van der Waals surface area contributed by atoms with Gasteiger partial charge in [-0.15, -0.1) is 0 Å². The van der Waals surface area contributed by atoms with Crippen molar-refractivity contribution in [2.75, 3.05) is 6.54 Å². The van der Waals surface area contributed by atoms with Crippen LogP contribution in [0.15, 0.2) is 12.1 Å². The molecule has 4 N–H and O–H groups in total. The maximum Gasteiger partial charge on any atom is 0.216 e. The van der Waals surface area contributed by atoms with Gasteiger partial charge in [0.2, 0.25) is 5.91 Å². The molecular weight excluding hydrogens is 270 g/mol. The minimum Gasteiger partial charge on any atom is -0.507 e. The lowest BCUT2D eigenvalue weighted by Crippen LogP contribution is -2.27. The Hall–Kier alpha value is -1.30. The Bertz CT molecular complexity index is 464. The van der Waals surface area contributed by atoms with Gasteiger partial charge in [-0.25, -0.2) is 0 Å². The quantitative estimate of drug-likeness (QED) is 0.657. The fourth-order valence-electron chi connectivity index (χ4n) is 1.75. The van der Waals surface area contributed by atoms with Gasteiger partial charge in [-0.1, -0.05) is 11.6 Å². The molecule has 2 unspecified atom stereocenters. The summed E-state index contributed by atoms with van der Waals surface area (Å²) in [7, 11) is 0. The van der Waals surface area contributed by atoms with Crippen LogP contribution in [0.25, 0.3) is 0 Å². The van der Waals surface area contributed by atoms with Crippen molar-refractivity contribution in [2.45, 2.75) is 32.5 Å². The van der Waals surface area contributed by atoms with Crippen LogP contribution < -0.4 is 5.32 Å². The maximum absolute atomic E-state index is 10.7. The molecule has 0 saturated heterocycles. The normalized spacial score (nSPS) is 13.9. The van der Waals surface area contributed by atoms with Gasteiger partial charge in [0.15, 0.2) is 0 Å². The number of halogens is 1. The predicted molar refractivity (Wildman–Crippen MR) is 72.1 cm³/mol. The number of phenolic OH excluding ortho intramolecular Hbond substituents is 1. The van der Waals surface area contributed by atoms with E-state index in [9.17, 15) is 20.1 Å². The minimum atomic E-state index is -1.26. The molecule has 0 saturated carbocycles. The summed E-state index contributed by atoms with van der Waals surface area (Å²) in [6.07, 6.45) is -2.19. The maximum atomic E-state index is 10.7. The summed E-state index contributed by atoms with van der Waals surface area (Å²) in [5.74, 6) is -0.293. The fourth-order valence-corrected chi connectivity index (χ4v) is 2.03. The molecular formula is C13H18ClNO4. The summed E-state index contributed by atoms with van der Waals surface area (Å²) in [5.41, 5.74) is 0.705. The van der Waals surface area contributed by atoms with Crippen molar-refractivity contribution in [3.63, 3.8) is 0 Å². The number of hydrogen-bond acceptors (Lipinski definition) is 4. The van der Waals surface area contributed by atoms with Crippen LogP contribution in [0, 0.1) is 6.92 Å². The first-order valence-electron chi connectivity index (χ1n) is 5.92. The Kier molecular flexibility index (Phi) is 5.60. The molecule has 0 spiro atoms.